The van der Waals surface area contributed by atoms with Gasteiger partial charge in [-0.1, -0.05) is 26.2 Å². The molecular weight excluding hydrogens is 260 g/mol. The Bertz CT molecular complexity index is 364. The van der Waals surface area contributed by atoms with E-state index in [1.807, 2.05) is 4.31 Å². The summed E-state index contributed by atoms with van der Waals surface area (Å²) in [4.78, 5) is 0. The van der Waals surface area contributed by atoms with E-state index in [0.717, 1.165) is 71.0 Å². The maximum atomic E-state index is 12.7. The fourth-order valence-electron chi connectivity index (χ4n) is 3.34. The van der Waals surface area contributed by atoms with E-state index < -0.39 is 10.0 Å². The van der Waals surface area contributed by atoms with Gasteiger partial charge in [-0.15, -0.1) is 0 Å². The molecule has 1 aliphatic carbocycles. The Morgan fingerprint density at radius 2 is 1.79 bits per heavy atom. The molecular formula is C14H28N2O2S. The zero-order valence-corrected chi connectivity index (χ0v) is 12.9. The second-order valence-corrected chi connectivity index (χ2v) is 8.08. The standard InChI is InChI=1S/C14H28N2O2S/c1-2-10-15-12-13-7-5-6-11-16(13)19(17,18)14-8-3-4-9-14/h13-15H,2-12H2,1H3. The number of nitrogens with zero attached hydrogens (tertiary/aromatic N) is 1. The van der Waals surface area contributed by atoms with Crippen LogP contribution in [0, 0.1) is 0 Å². The van der Waals surface area contributed by atoms with Crippen LogP contribution < -0.4 is 5.32 Å². The predicted molar refractivity (Wildman–Crippen MR) is 78.7 cm³/mol. The molecule has 1 aliphatic heterocycles. The number of rotatable bonds is 6. The maximum Gasteiger partial charge on any atom is 0.217 e. The molecule has 5 heteroatoms. The van der Waals surface area contributed by atoms with Gasteiger partial charge in [0.25, 0.3) is 0 Å². The van der Waals surface area contributed by atoms with Crippen molar-refractivity contribution < 1.29 is 8.42 Å². The molecule has 1 atom stereocenters. The largest absolute Gasteiger partial charge is 0.315 e. The molecule has 1 saturated heterocycles. The molecule has 0 amide bonds. The first-order valence-corrected chi connectivity index (χ1v) is 9.38. The molecule has 1 unspecified atom stereocenters. The summed E-state index contributed by atoms with van der Waals surface area (Å²) in [6.07, 6.45) is 8.20. The maximum absolute atomic E-state index is 12.7. The lowest BCUT2D eigenvalue weighted by molar-refractivity contribution is 0.243. The molecule has 1 saturated carbocycles. The van der Waals surface area contributed by atoms with Crippen molar-refractivity contribution >= 4 is 10.0 Å². The summed E-state index contributed by atoms with van der Waals surface area (Å²) in [5.41, 5.74) is 0. The van der Waals surface area contributed by atoms with Crippen molar-refractivity contribution in [3.63, 3.8) is 0 Å². The van der Waals surface area contributed by atoms with Gasteiger partial charge >= 0.3 is 0 Å². The summed E-state index contributed by atoms with van der Waals surface area (Å²) in [7, 11) is -3.05. The average molecular weight is 288 g/mol. The third-order valence-electron chi connectivity index (χ3n) is 4.43. The van der Waals surface area contributed by atoms with Crippen molar-refractivity contribution in [1.82, 2.24) is 9.62 Å². The van der Waals surface area contributed by atoms with Crippen molar-refractivity contribution in [1.29, 1.82) is 0 Å². The Kier molecular flexibility index (Phi) is 5.66. The lowest BCUT2D eigenvalue weighted by Crippen LogP contribution is -2.51. The summed E-state index contributed by atoms with van der Waals surface area (Å²) < 4.78 is 27.3. The van der Waals surface area contributed by atoms with Crippen LogP contribution in [0.25, 0.3) is 0 Å². The summed E-state index contributed by atoms with van der Waals surface area (Å²) in [6, 6.07) is 0.186. The van der Waals surface area contributed by atoms with E-state index in [0.29, 0.717) is 0 Å². The van der Waals surface area contributed by atoms with Gasteiger partial charge in [-0.2, -0.15) is 4.31 Å². The van der Waals surface area contributed by atoms with Crippen LogP contribution in [0.2, 0.25) is 0 Å². The molecule has 0 aromatic heterocycles. The van der Waals surface area contributed by atoms with Gasteiger partial charge in [0, 0.05) is 19.1 Å². The number of nitrogens with one attached hydrogen (secondary N) is 1. The summed E-state index contributed by atoms with van der Waals surface area (Å²) in [5, 5.41) is 3.29. The van der Waals surface area contributed by atoms with Crippen molar-refractivity contribution in [2.45, 2.75) is 69.6 Å². The van der Waals surface area contributed by atoms with Crippen LogP contribution in [-0.2, 0) is 10.0 Å². The number of piperidine rings is 1. The fourth-order valence-corrected chi connectivity index (χ4v) is 5.63. The number of hydrogen-bond donors (Lipinski definition) is 1. The molecule has 4 nitrogen and oxygen atoms in total. The molecule has 1 N–H and O–H groups in total. The molecule has 0 spiro atoms. The fraction of sp³-hybridized carbons (Fsp3) is 1.00. The molecule has 2 rings (SSSR count). The smallest absolute Gasteiger partial charge is 0.217 e. The van der Waals surface area contributed by atoms with E-state index in [-0.39, 0.29) is 11.3 Å². The first-order valence-electron chi connectivity index (χ1n) is 7.87. The van der Waals surface area contributed by atoms with E-state index in [2.05, 4.69) is 12.2 Å². The van der Waals surface area contributed by atoms with Crippen molar-refractivity contribution in [3.8, 4) is 0 Å². The van der Waals surface area contributed by atoms with Gasteiger partial charge in [0.1, 0.15) is 0 Å². The average Bonchev–Trinajstić information content (AvgIpc) is 2.94. The minimum atomic E-state index is -3.05. The van der Waals surface area contributed by atoms with Gasteiger partial charge in [-0.05, 0) is 38.6 Å². The Balaban J connectivity index is 2.01. The molecule has 0 aromatic carbocycles. The highest BCUT2D eigenvalue weighted by Crippen LogP contribution is 2.30. The van der Waals surface area contributed by atoms with Crippen LogP contribution in [0.1, 0.15) is 58.3 Å². The summed E-state index contributed by atoms with van der Waals surface area (Å²) in [5.74, 6) is 0. The first kappa shape index (κ1) is 15.3. The van der Waals surface area contributed by atoms with E-state index >= 15 is 0 Å². The van der Waals surface area contributed by atoms with Gasteiger partial charge in [0.15, 0.2) is 0 Å². The van der Waals surface area contributed by atoms with Gasteiger partial charge in [0.2, 0.25) is 10.0 Å². The van der Waals surface area contributed by atoms with Crippen molar-refractivity contribution in [3.05, 3.63) is 0 Å². The van der Waals surface area contributed by atoms with E-state index in [9.17, 15) is 8.42 Å². The number of hydrogen-bond acceptors (Lipinski definition) is 3. The summed E-state index contributed by atoms with van der Waals surface area (Å²) >= 11 is 0. The Labute approximate surface area is 118 Å². The van der Waals surface area contributed by atoms with Crippen molar-refractivity contribution in [2.75, 3.05) is 19.6 Å². The van der Waals surface area contributed by atoms with Crippen LogP contribution in [0.4, 0.5) is 0 Å². The highest BCUT2D eigenvalue weighted by molar-refractivity contribution is 7.89. The zero-order chi connectivity index (χ0) is 13.7. The first-order chi connectivity index (χ1) is 9.16. The molecule has 2 fully saturated rings. The SMILES string of the molecule is CCCNCC1CCCCN1S(=O)(=O)C1CCCC1. The topological polar surface area (TPSA) is 49.4 Å². The normalized spacial score (nSPS) is 26.9. The number of sulfonamides is 1. The van der Waals surface area contributed by atoms with E-state index in [4.69, 9.17) is 0 Å². The molecule has 0 radical (unpaired) electrons. The highest BCUT2D eigenvalue weighted by Gasteiger charge is 2.38. The van der Waals surface area contributed by atoms with Gasteiger partial charge < -0.3 is 5.32 Å². The van der Waals surface area contributed by atoms with Gasteiger partial charge in [-0.3, -0.25) is 0 Å². The molecule has 0 bridgehead atoms. The minimum absolute atomic E-state index is 0.0979. The van der Waals surface area contributed by atoms with Gasteiger partial charge in [0.05, 0.1) is 5.25 Å². The minimum Gasteiger partial charge on any atom is -0.315 e. The lowest BCUT2D eigenvalue weighted by atomic mass is 10.1. The van der Waals surface area contributed by atoms with Crippen molar-refractivity contribution in [2.24, 2.45) is 0 Å². The van der Waals surface area contributed by atoms with Crippen LogP contribution >= 0.6 is 0 Å². The zero-order valence-electron chi connectivity index (χ0n) is 12.1. The molecule has 1 heterocycles. The summed E-state index contributed by atoms with van der Waals surface area (Å²) in [6.45, 7) is 4.67. The van der Waals surface area contributed by atoms with Gasteiger partial charge in [-0.25, -0.2) is 8.42 Å². The predicted octanol–water partition coefficient (Wildman–Crippen LogP) is 2.11. The lowest BCUT2D eigenvalue weighted by Gasteiger charge is -2.36. The quantitative estimate of drug-likeness (QED) is 0.762. The Hall–Kier alpha value is -0.130. The molecule has 19 heavy (non-hydrogen) atoms. The molecule has 2 aliphatic rings. The second kappa shape index (κ2) is 7.04. The van der Waals surface area contributed by atoms with Crippen LogP contribution in [0.3, 0.4) is 0 Å². The second-order valence-electron chi connectivity index (χ2n) is 5.92. The molecule has 112 valence electrons. The highest BCUT2D eigenvalue weighted by atomic mass is 32.2. The molecule has 0 aromatic rings. The third-order valence-corrected chi connectivity index (χ3v) is 6.88. The Morgan fingerprint density at radius 3 is 2.47 bits per heavy atom. The monoisotopic (exact) mass is 288 g/mol. The van der Waals surface area contributed by atoms with E-state index in [1.54, 1.807) is 0 Å². The Morgan fingerprint density at radius 1 is 1.11 bits per heavy atom. The van der Waals surface area contributed by atoms with Crippen LogP contribution in [-0.4, -0.2) is 43.6 Å². The van der Waals surface area contributed by atoms with Crippen LogP contribution in [0.15, 0.2) is 0 Å². The third kappa shape index (κ3) is 3.70. The van der Waals surface area contributed by atoms with E-state index in [1.165, 1.54) is 0 Å². The van der Waals surface area contributed by atoms with Crippen LogP contribution in [0.5, 0.6) is 0 Å².